The van der Waals surface area contributed by atoms with Crippen LogP contribution in [-0.2, 0) is 6.54 Å². The summed E-state index contributed by atoms with van der Waals surface area (Å²) in [5, 5.41) is 11.4. The maximum Gasteiger partial charge on any atom is 0.255 e. The highest BCUT2D eigenvalue weighted by Crippen LogP contribution is 2.23. The van der Waals surface area contributed by atoms with Crippen molar-refractivity contribution in [1.29, 1.82) is 0 Å². The molecule has 0 bridgehead atoms. The minimum Gasteiger partial charge on any atom is -0.349 e. The lowest BCUT2D eigenvalue weighted by molar-refractivity contribution is 0.0926. The molecule has 1 amide bonds. The van der Waals surface area contributed by atoms with E-state index < -0.39 is 0 Å². The SMILES string of the molecule is CC1CC(NC(=O)c2cn(Cc3ccccc3)nc2-c2ccccc2)CCN1.Cl. The molecule has 2 atom stereocenters. The number of nitrogens with zero attached hydrogens (tertiary/aromatic N) is 2. The number of amides is 1. The number of rotatable bonds is 5. The van der Waals surface area contributed by atoms with Crippen molar-refractivity contribution in [3.05, 3.63) is 78.0 Å². The molecule has 4 rings (SSSR count). The zero-order valence-electron chi connectivity index (χ0n) is 16.5. The molecular weight excluding hydrogens is 384 g/mol. The van der Waals surface area contributed by atoms with Crippen LogP contribution in [0, 0.1) is 0 Å². The number of halogens is 1. The van der Waals surface area contributed by atoms with E-state index in [-0.39, 0.29) is 24.4 Å². The van der Waals surface area contributed by atoms with Gasteiger partial charge in [-0.1, -0.05) is 60.7 Å². The predicted molar refractivity (Wildman–Crippen MR) is 118 cm³/mol. The summed E-state index contributed by atoms with van der Waals surface area (Å²) in [5.74, 6) is -0.0442. The fraction of sp³-hybridized carbons (Fsp3) is 0.304. The topological polar surface area (TPSA) is 59.0 Å². The second kappa shape index (κ2) is 9.72. The molecule has 6 heteroatoms. The van der Waals surface area contributed by atoms with Crippen LogP contribution in [0.15, 0.2) is 66.9 Å². The van der Waals surface area contributed by atoms with E-state index in [4.69, 9.17) is 5.10 Å². The van der Waals surface area contributed by atoms with Gasteiger partial charge in [-0.3, -0.25) is 9.48 Å². The Balaban J connectivity index is 0.00000240. The Kier molecular flexibility index (Phi) is 7.07. The fourth-order valence-electron chi connectivity index (χ4n) is 3.77. The Hall–Kier alpha value is -2.63. The summed E-state index contributed by atoms with van der Waals surface area (Å²) in [7, 11) is 0. The second-order valence-corrected chi connectivity index (χ2v) is 7.49. The normalized spacial score (nSPS) is 18.7. The summed E-state index contributed by atoms with van der Waals surface area (Å²) in [6.45, 7) is 3.73. The van der Waals surface area contributed by atoms with Gasteiger partial charge in [0.05, 0.1) is 12.1 Å². The van der Waals surface area contributed by atoms with Crippen molar-refractivity contribution in [3.63, 3.8) is 0 Å². The molecule has 1 aromatic heterocycles. The van der Waals surface area contributed by atoms with Crippen molar-refractivity contribution in [2.45, 2.75) is 38.4 Å². The molecule has 0 aliphatic carbocycles. The Bertz CT molecular complexity index is 927. The molecule has 1 aliphatic heterocycles. The molecule has 1 fully saturated rings. The number of piperidine rings is 1. The maximum absolute atomic E-state index is 13.1. The number of carbonyl (C=O) groups excluding carboxylic acids is 1. The van der Waals surface area contributed by atoms with E-state index in [1.165, 1.54) is 0 Å². The first-order valence-electron chi connectivity index (χ1n) is 9.90. The van der Waals surface area contributed by atoms with E-state index in [0.29, 0.717) is 18.2 Å². The highest BCUT2D eigenvalue weighted by molar-refractivity contribution is 6.00. The van der Waals surface area contributed by atoms with Crippen molar-refractivity contribution in [3.8, 4) is 11.3 Å². The van der Waals surface area contributed by atoms with Crippen molar-refractivity contribution in [1.82, 2.24) is 20.4 Å². The van der Waals surface area contributed by atoms with Gasteiger partial charge in [-0.25, -0.2) is 0 Å². The first kappa shape index (κ1) is 21.1. The Morgan fingerprint density at radius 2 is 1.83 bits per heavy atom. The summed E-state index contributed by atoms with van der Waals surface area (Å²) < 4.78 is 1.86. The number of benzene rings is 2. The molecule has 0 saturated carbocycles. The summed E-state index contributed by atoms with van der Waals surface area (Å²) >= 11 is 0. The van der Waals surface area contributed by atoms with Gasteiger partial charge in [0.25, 0.3) is 5.91 Å². The average molecular weight is 411 g/mol. The molecular formula is C23H27ClN4O. The van der Waals surface area contributed by atoms with Crippen molar-refractivity contribution < 1.29 is 4.79 Å². The van der Waals surface area contributed by atoms with Gasteiger partial charge in [-0.2, -0.15) is 5.10 Å². The van der Waals surface area contributed by atoms with E-state index in [0.717, 1.165) is 36.2 Å². The van der Waals surface area contributed by atoms with E-state index in [2.05, 4.69) is 29.7 Å². The standard InChI is InChI=1S/C23H26N4O.ClH/c1-17-14-20(12-13-24-17)25-23(28)21-16-27(15-18-8-4-2-5-9-18)26-22(21)19-10-6-3-7-11-19;/h2-11,16-17,20,24H,12-15H2,1H3,(H,25,28);1H. The molecule has 1 saturated heterocycles. The number of carbonyl (C=O) groups is 1. The van der Waals surface area contributed by atoms with Gasteiger partial charge in [0.15, 0.2) is 0 Å². The van der Waals surface area contributed by atoms with Gasteiger partial charge < -0.3 is 10.6 Å². The van der Waals surface area contributed by atoms with Crippen LogP contribution in [0.5, 0.6) is 0 Å². The first-order chi connectivity index (χ1) is 13.7. The van der Waals surface area contributed by atoms with E-state index in [9.17, 15) is 4.79 Å². The predicted octanol–water partition coefficient (Wildman–Crippen LogP) is 3.89. The van der Waals surface area contributed by atoms with Gasteiger partial charge in [0, 0.05) is 23.8 Å². The molecule has 5 nitrogen and oxygen atoms in total. The second-order valence-electron chi connectivity index (χ2n) is 7.49. The largest absolute Gasteiger partial charge is 0.349 e. The molecule has 0 spiro atoms. The lowest BCUT2D eigenvalue weighted by Crippen LogP contribution is -2.46. The molecule has 29 heavy (non-hydrogen) atoms. The van der Waals surface area contributed by atoms with Crippen LogP contribution in [0.4, 0.5) is 0 Å². The highest BCUT2D eigenvalue weighted by Gasteiger charge is 2.23. The van der Waals surface area contributed by atoms with Crippen LogP contribution in [0.25, 0.3) is 11.3 Å². The molecule has 152 valence electrons. The third-order valence-electron chi connectivity index (χ3n) is 5.20. The van der Waals surface area contributed by atoms with Crippen LogP contribution in [0.3, 0.4) is 0 Å². The number of hydrogen-bond acceptors (Lipinski definition) is 3. The third-order valence-corrected chi connectivity index (χ3v) is 5.20. The first-order valence-corrected chi connectivity index (χ1v) is 9.90. The number of hydrogen-bond donors (Lipinski definition) is 2. The third kappa shape index (κ3) is 5.25. The summed E-state index contributed by atoms with van der Waals surface area (Å²) in [4.78, 5) is 13.1. The van der Waals surface area contributed by atoms with Gasteiger partial charge >= 0.3 is 0 Å². The number of nitrogens with one attached hydrogen (secondary N) is 2. The molecule has 2 N–H and O–H groups in total. The van der Waals surface area contributed by atoms with E-state index in [1.807, 2.05) is 59.4 Å². The summed E-state index contributed by atoms with van der Waals surface area (Å²) in [6.07, 6.45) is 3.77. The fourth-order valence-corrected chi connectivity index (χ4v) is 3.77. The zero-order chi connectivity index (χ0) is 19.3. The molecule has 1 aliphatic rings. The van der Waals surface area contributed by atoms with E-state index in [1.54, 1.807) is 0 Å². The average Bonchev–Trinajstić information content (AvgIpc) is 3.13. The van der Waals surface area contributed by atoms with Crippen molar-refractivity contribution in [2.75, 3.05) is 6.54 Å². The Morgan fingerprint density at radius 1 is 1.14 bits per heavy atom. The zero-order valence-corrected chi connectivity index (χ0v) is 17.4. The van der Waals surface area contributed by atoms with E-state index >= 15 is 0 Å². The maximum atomic E-state index is 13.1. The van der Waals surface area contributed by atoms with Crippen LogP contribution in [-0.4, -0.2) is 34.3 Å². The lowest BCUT2D eigenvalue weighted by atomic mass is 10.00. The minimum atomic E-state index is -0.0442. The number of aromatic nitrogens is 2. The lowest BCUT2D eigenvalue weighted by Gasteiger charge is -2.28. The molecule has 2 heterocycles. The molecule has 2 unspecified atom stereocenters. The monoisotopic (exact) mass is 410 g/mol. The van der Waals surface area contributed by atoms with Crippen LogP contribution in [0.1, 0.15) is 35.7 Å². The van der Waals surface area contributed by atoms with Crippen LogP contribution < -0.4 is 10.6 Å². The van der Waals surface area contributed by atoms with Crippen molar-refractivity contribution >= 4 is 18.3 Å². The molecule has 2 aromatic carbocycles. The Morgan fingerprint density at radius 3 is 2.52 bits per heavy atom. The van der Waals surface area contributed by atoms with Crippen LogP contribution in [0.2, 0.25) is 0 Å². The highest BCUT2D eigenvalue weighted by atomic mass is 35.5. The van der Waals surface area contributed by atoms with Gasteiger partial charge in [-0.15, -0.1) is 12.4 Å². The Labute approximate surface area is 177 Å². The van der Waals surface area contributed by atoms with Gasteiger partial charge in [-0.05, 0) is 31.9 Å². The summed E-state index contributed by atoms with van der Waals surface area (Å²) in [6, 6.07) is 20.7. The summed E-state index contributed by atoms with van der Waals surface area (Å²) in [5.41, 5.74) is 3.48. The van der Waals surface area contributed by atoms with Crippen LogP contribution >= 0.6 is 12.4 Å². The molecule has 0 radical (unpaired) electrons. The van der Waals surface area contributed by atoms with Crippen molar-refractivity contribution in [2.24, 2.45) is 0 Å². The molecule has 3 aromatic rings. The minimum absolute atomic E-state index is 0. The quantitative estimate of drug-likeness (QED) is 0.670. The van der Waals surface area contributed by atoms with Gasteiger partial charge in [0.2, 0.25) is 0 Å². The smallest absolute Gasteiger partial charge is 0.255 e. The van der Waals surface area contributed by atoms with Gasteiger partial charge in [0.1, 0.15) is 5.69 Å².